The third kappa shape index (κ3) is 3.95. The first-order chi connectivity index (χ1) is 12.5. The van der Waals surface area contributed by atoms with Crippen LogP contribution in [0, 0.1) is 10.1 Å². The minimum Gasteiger partial charge on any atom is -0.338 e. The second kappa shape index (κ2) is 7.61. The number of hydrogen-bond acceptors (Lipinski definition) is 3. The number of fused-ring (bicyclic) bond motifs is 1. The topological polar surface area (TPSA) is 63.5 Å². The molecule has 0 aromatic heterocycles. The molecule has 0 radical (unpaired) electrons. The molecule has 0 atom stereocenters. The summed E-state index contributed by atoms with van der Waals surface area (Å²) < 4.78 is 0. The van der Waals surface area contributed by atoms with Gasteiger partial charge in [-0.1, -0.05) is 48.5 Å². The second-order valence-corrected chi connectivity index (χ2v) is 6.03. The van der Waals surface area contributed by atoms with Crippen molar-refractivity contribution in [2.45, 2.75) is 6.54 Å². The molecule has 0 saturated heterocycles. The van der Waals surface area contributed by atoms with Crippen molar-refractivity contribution in [1.29, 1.82) is 0 Å². The van der Waals surface area contributed by atoms with E-state index >= 15 is 0 Å². The van der Waals surface area contributed by atoms with Crippen LogP contribution in [0.25, 0.3) is 16.8 Å². The maximum Gasteiger partial charge on any atom is 0.276 e. The molecule has 0 aliphatic carbocycles. The van der Waals surface area contributed by atoms with Crippen molar-refractivity contribution in [2.75, 3.05) is 7.05 Å². The van der Waals surface area contributed by atoms with Crippen molar-refractivity contribution in [3.05, 3.63) is 94.0 Å². The Labute approximate surface area is 151 Å². The smallest absolute Gasteiger partial charge is 0.276 e. The van der Waals surface area contributed by atoms with Crippen LogP contribution in [0.3, 0.4) is 0 Å². The Morgan fingerprint density at radius 2 is 1.73 bits per heavy atom. The van der Waals surface area contributed by atoms with Gasteiger partial charge in [-0.05, 0) is 34.5 Å². The zero-order valence-electron chi connectivity index (χ0n) is 14.3. The van der Waals surface area contributed by atoms with Gasteiger partial charge in [0, 0.05) is 25.7 Å². The Kier molecular flexibility index (Phi) is 5.08. The number of carbonyl (C=O) groups is 1. The van der Waals surface area contributed by atoms with Crippen LogP contribution >= 0.6 is 0 Å². The van der Waals surface area contributed by atoms with E-state index in [1.165, 1.54) is 18.2 Å². The van der Waals surface area contributed by atoms with Crippen LogP contribution in [0.2, 0.25) is 0 Å². The quantitative estimate of drug-likeness (QED) is 0.390. The first kappa shape index (κ1) is 17.4. The Morgan fingerprint density at radius 1 is 1.04 bits per heavy atom. The van der Waals surface area contributed by atoms with Crippen LogP contribution in [-0.2, 0) is 11.3 Å². The van der Waals surface area contributed by atoms with Gasteiger partial charge < -0.3 is 4.90 Å². The first-order valence-electron chi connectivity index (χ1n) is 8.19. The molecule has 1 amide bonds. The van der Waals surface area contributed by atoms with Crippen LogP contribution in [0.5, 0.6) is 0 Å². The number of benzene rings is 3. The van der Waals surface area contributed by atoms with E-state index < -0.39 is 4.92 Å². The number of para-hydroxylation sites is 1. The van der Waals surface area contributed by atoms with E-state index in [1.807, 2.05) is 36.4 Å². The van der Waals surface area contributed by atoms with Crippen molar-refractivity contribution in [2.24, 2.45) is 0 Å². The SMILES string of the molecule is CN(Cc1ccc2ccccc2c1)C(=O)/C=C/c1ccccc1[N+](=O)[O-]. The normalized spacial score (nSPS) is 11.0. The number of nitrogens with zero attached hydrogens (tertiary/aromatic N) is 2. The van der Waals surface area contributed by atoms with Gasteiger partial charge in [0.05, 0.1) is 10.5 Å². The minimum absolute atomic E-state index is 0.0197. The lowest BCUT2D eigenvalue weighted by molar-refractivity contribution is -0.385. The van der Waals surface area contributed by atoms with E-state index in [2.05, 4.69) is 6.07 Å². The van der Waals surface area contributed by atoms with Crippen LogP contribution in [0.4, 0.5) is 5.69 Å². The second-order valence-electron chi connectivity index (χ2n) is 6.03. The molecule has 0 spiro atoms. The molecule has 0 bridgehead atoms. The highest BCUT2D eigenvalue weighted by Gasteiger charge is 2.11. The molecule has 5 heteroatoms. The Bertz CT molecular complexity index is 995. The number of rotatable bonds is 5. The predicted molar refractivity (Wildman–Crippen MR) is 103 cm³/mol. The van der Waals surface area contributed by atoms with Gasteiger partial charge >= 0.3 is 0 Å². The van der Waals surface area contributed by atoms with Crippen molar-refractivity contribution in [1.82, 2.24) is 4.90 Å². The van der Waals surface area contributed by atoms with Gasteiger partial charge in [0.2, 0.25) is 5.91 Å². The van der Waals surface area contributed by atoms with Crippen molar-refractivity contribution in [3.8, 4) is 0 Å². The summed E-state index contributed by atoms with van der Waals surface area (Å²) in [6.07, 6.45) is 2.85. The van der Waals surface area contributed by atoms with Gasteiger partial charge in [-0.15, -0.1) is 0 Å². The van der Waals surface area contributed by atoms with Gasteiger partial charge in [0.15, 0.2) is 0 Å². The molecule has 0 aliphatic rings. The largest absolute Gasteiger partial charge is 0.338 e. The van der Waals surface area contributed by atoms with E-state index in [1.54, 1.807) is 30.1 Å². The monoisotopic (exact) mass is 346 g/mol. The molecule has 0 N–H and O–H groups in total. The number of nitro benzene ring substituents is 1. The zero-order chi connectivity index (χ0) is 18.5. The molecule has 5 nitrogen and oxygen atoms in total. The van der Waals surface area contributed by atoms with Crippen molar-refractivity contribution < 1.29 is 9.72 Å². The lowest BCUT2D eigenvalue weighted by Gasteiger charge is -2.15. The minimum atomic E-state index is -0.455. The maximum absolute atomic E-state index is 12.3. The van der Waals surface area contributed by atoms with Gasteiger partial charge in [-0.25, -0.2) is 0 Å². The molecule has 0 unspecified atom stereocenters. The lowest BCUT2D eigenvalue weighted by Crippen LogP contribution is -2.24. The summed E-state index contributed by atoms with van der Waals surface area (Å²) in [6, 6.07) is 20.5. The lowest BCUT2D eigenvalue weighted by atomic mass is 10.1. The molecule has 130 valence electrons. The van der Waals surface area contributed by atoms with Gasteiger partial charge in [-0.2, -0.15) is 0 Å². The molecule has 0 fully saturated rings. The molecule has 26 heavy (non-hydrogen) atoms. The fourth-order valence-corrected chi connectivity index (χ4v) is 2.77. The van der Waals surface area contributed by atoms with Crippen molar-refractivity contribution >= 4 is 28.4 Å². The molecule has 3 aromatic rings. The number of hydrogen-bond donors (Lipinski definition) is 0. The number of nitro groups is 1. The molecule has 3 rings (SSSR count). The highest BCUT2D eigenvalue weighted by Crippen LogP contribution is 2.19. The number of likely N-dealkylation sites (N-methyl/N-ethyl adjacent to an activating group) is 1. The average Bonchev–Trinajstić information content (AvgIpc) is 2.66. The van der Waals surface area contributed by atoms with E-state index in [-0.39, 0.29) is 11.6 Å². The summed E-state index contributed by atoms with van der Waals surface area (Å²) in [4.78, 5) is 24.5. The molecule has 0 aliphatic heterocycles. The third-order valence-electron chi connectivity index (χ3n) is 4.15. The summed E-state index contributed by atoms with van der Waals surface area (Å²) in [5.41, 5.74) is 1.41. The standard InChI is InChI=1S/C21H18N2O3/c1-22(15-16-10-11-17-6-2-3-8-19(17)14-16)21(24)13-12-18-7-4-5-9-20(18)23(25)26/h2-14H,15H2,1H3/b13-12+. The first-order valence-corrected chi connectivity index (χ1v) is 8.19. The zero-order valence-corrected chi connectivity index (χ0v) is 14.3. The maximum atomic E-state index is 12.3. The summed E-state index contributed by atoms with van der Waals surface area (Å²) in [6.45, 7) is 0.463. The number of carbonyl (C=O) groups excluding carboxylic acids is 1. The fourth-order valence-electron chi connectivity index (χ4n) is 2.77. The highest BCUT2D eigenvalue weighted by atomic mass is 16.6. The Hall–Kier alpha value is -3.47. The Balaban J connectivity index is 1.72. The molecule has 3 aromatic carbocycles. The van der Waals surface area contributed by atoms with Crippen LogP contribution < -0.4 is 0 Å². The third-order valence-corrected chi connectivity index (χ3v) is 4.15. The summed E-state index contributed by atoms with van der Waals surface area (Å²) in [7, 11) is 1.71. The van der Waals surface area contributed by atoms with Crippen molar-refractivity contribution in [3.63, 3.8) is 0 Å². The van der Waals surface area contributed by atoms with E-state index in [0.29, 0.717) is 12.1 Å². The average molecular weight is 346 g/mol. The van der Waals surface area contributed by atoms with E-state index in [9.17, 15) is 14.9 Å². The van der Waals surface area contributed by atoms with Gasteiger partial charge in [0.25, 0.3) is 5.69 Å². The van der Waals surface area contributed by atoms with E-state index in [4.69, 9.17) is 0 Å². The fraction of sp³-hybridized carbons (Fsp3) is 0.0952. The molecular formula is C21H18N2O3. The number of amides is 1. The predicted octanol–water partition coefficient (Wildman–Crippen LogP) is 4.42. The van der Waals surface area contributed by atoms with Gasteiger partial charge in [0.1, 0.15) is 0 Å². The van der Waals surface area contributed by atoms with Gasteiger partial charge in [-0.3, -0.25) is 14.9 Å². The molecule has 0 saturated carbocycles. The van der Waals surface area contributed by atoms with E-state index in [0.717, 1.165) is 16.3 Å². The molecule has 0 heterocycles. The summed E-state index contributed by atoms with van der Waals surface area (Å²) in [5, 5.41) is 13.3. The summed E-state index contributed by atoms with van der Waals surface area (Å²) >= 11 is 0. The summed E-state index contributed by atoms with van der Waals surface area (Å²) in [5.74, 6) is -0.212. The van der Waals surface area contributed by atoms with Crippen LogP contribution in [0.15, 0.2) is 72.8 Å². The Morgan fingerprint density at radius 3 is 2.50 bits per heavy atom. The highest BCUT2D eigenvalue weighted by molar-refractivity contribution is 5.92. The molecular weight excluding hydrogens is 328 g/mol. The van der Waals surface area contributed by atoms with Crippen LogP contribution in [0.1, 0.15) is 11.1 Å². The van der Waals surface area contributed by atoms with Crippen LogP contribution in [-0.4, -0.2) is 22.8 Å².